The van der Waals surface area contributed by atoms with Crippen LogP contribution in [0.2, 0.25) is 0 Å². The second-order valence-electron chi connectivity index (χ2n) is 11.3. The third-order valence-corrected chi connectivity index (χ3v) is 7.38. The molecular weight excluding hydrogens is 594 g/mol. The van der Waals surface area contributed by atoms with Gasteiger partial charge in [-0.3, -0.25) is 9.69 Å². The zero-order chi connectivity index (χ0) is 33.8. The number of anilines is 1. The number of nitrogens with two attached hydrogens (primary N) is 1. The van der Waals surface area contributed by atoms with Gasteiger partial charge in [-0.05, 0) is 85.3 Å². The summed E-state index contributed by atoms with van der Waals surface area (Å²) >= 11 is 0. The number of rotatable bonds is 15. The highest BCUT2D eigenvalue weighted by Gasteiger charge is 2.25. The number of esters is 1. The van der Waals surface area contributed by atoms with Crippen molar-refractivity contribution in [2.45, 2.75) is 58.7 Å². The van der Waals surface area contributed by atoms with Gasteiger partial charge in [0.1, 0.15) is 17.7 Å². The number of carbonyl (C=O) groups is 3. The zero-order valence-corrected chi connectivity index (χ0v) is 27.1. The Balaban J connectivity index is 1.82. The van der Waals surface area contributed by atoms with Crippen LogP contribution in [-0.2, 0) is 22.4 Å². The highest BCUT2D eigenvalue weighted by Crippen LogP contribution is 2.18. The number of halogens is 2. The first-order valence-electron chi connectivity index (χ1n) is 15.4. The molecule has 3 rings (SSSR count). The standard InChI is InChI=1S/C35H44F2N4O5/c1-6-11-41(12-7-2)33(42)26-13-23(3)14-27(19-26)34(43)46-32(31(38)18-25-15-28(36)20-29(37)16-25)22-39-21-24-9-8-10-30(17-24)40(4)35(44)45-5/h8-10,13-17,19-20,31-32,39H,6-7,11-12,18,21-22,38H2,1-5H3/t31-,32+/m0/s1. The molecule has 0 unspecified atom stereocenters. The minimum absolute atomic E-state index is 0.0360. The summed E-state index contributed by atoms with van der Waals surface area (Å²) in [5, 5.41) is 3.24. The quantitative estimate of drug-likeness (QED) is 0.208. The van der Waals surface area contributed by atoms with E-state index in [1.165, 1.54) is 30.2 Å². The predicted octanol–water partition coefficient (Wildman–Crippen LogP) is 5.62. The van der Waals surface area contributed by atoms with E-state index in [1.54, 1.807) is 43.1 Å². The molecule has 0 fully saturated rings. The molecule has 0 saturated heterocycles. The van der Waals surface area contributed by atoms with Crippen LogP contribution in [0.1, 0.15) is 64.1 Å². The van der Waals surface area contributed by atoms with Gasteiger partial charge in [0, 0.05) is 56.6 Å². The molecule has 2 atom stereocenters. The van der Waals surface area contributed by atoms with Crippen LogP contribution in [0, 0.1) is 18.6 Å². The van der Waals surface area contributed by atoms with Crippen molar-refractivity contribution >= 4 is 23.7 Å². The summed E-state index contributed by atoms with van der Waals surface area (Å²) in [5.41, 5.74) is 9.59. The first-order chi connectivity index (χ1) is 21.9. The lowest BCUT2D eigenvalue weighted by Crippen LogP contribution is -2.46. The van der Waals surface area contributed by atoms with Crippen molar-refractivity contribution in [2.24, 2.45) is 5.73 Å². The Morgan fingerprint density at radius 2 is 1.57 bits per heavy atom. The largest absolute Gasteiger partial charge is 0.456 e. The van der Waals surface area contributed by atoms with Gasteiger partial charge in [0.15, 0.2) is 0 Å². The summed E-state index contributed by atoms with van der Waals surface area (Å²) in [7, 11) is 2.90. The molecule has 46 heavy (non-hydrogen) atoms. The lowest BCUT2D eigenvalue weighted by molar-refractivity contribution is 0.0238. The van der Waals surface area contributed by atoms with Gasteiger partial charge >= 0.3 is 12.1 Å². The van der Waals surface area contributed by atoms with E-state index in [1.807, 2.05) is 26.0 Å². The summed E-state index contributed by atoms with van der Waals surface area (Å²) < 4.78 is 38.5. The molecule has 3 aromatic carbocycles. The smallest absolute Gasteiger partial charge is 0.413 e. The van der Waals surface area contributed by atoms with Crippen molar-refractivity contribution in [3.05, 3.63) is 100 Å². The van der Waals surface area contributed by atoms with E-state index in [0.717, 1.165) is 30.0 Å². The lowest BCUT2D eigenvalue weighted by Gasteiger charge is -2.25. The first kappa shape index (κ1) is 36.1. The molecule has 0 radical (unpaired) electrons. The maximum absolute atomic E-state index is 13.9. The van der Waals surface area contributed by atoms with Crippen LogP contribution in [0.15, 0.2) is 60.7 Å². The molecule has 3 N–H and O–H groups in total. The van der Waals surface area contributed by atoms with Crippen LogP contribution < -0.4 is 16.0 Å². The van der Waals surface area contributed by atoms with Gasteiger partial charge in [0.25, 0.3) is 5.91 Å². The topological polar surface area (TPSA) is 114 Å². The molecule has 2 amide bonds. The predicted molar refractivity (Wildman–Crippen MR) is 174 cm³/mol. The van der Waals surface area contributed by atoms with E-state index in [2.05, 4.69) is 5.32 Å². The van der Waals surface area contributed by atoms with E-state index < -0.39 is 35.8 Å². The maximum atomic E-state index is 13.9. The number of aryl methyl sites for hydroxylation is 1. The van der Waals surface area contributed by atoms with Crippen LogP contribution in [-0.4, -0.2) is 68.8 Å². The van der Waals surface area contributed by atoms with E-state index in [-0.39, 0.29) is 24.4 Å². The normalized spacial score (nSPS) is 12.3. The van der Waals surface area contributed by atoms with E-state index in [4.69, 9.17) is 15.2 Å². The summed E-state index contributed by atoms with van der Waals surface area (Å²) in [6.45, 7) is 7.46. The summed E-state index contributed by atoms with van der Waals surface area (Å²) in [6.07, 6.45) is 0.229. The van der Waals surface area contributed by atoms with Crippen LogP contribution in [0.5, 0.6) is 0 Å². The van der Waals surface area contributed by atoms with Gasteiger partial charge < -0.3 is 25.4 Å². The number of amides is 2. The molecule has 0 bridgehead atoms. The molecule has 0 spiro atoms. The van der Waals surface area contributed by atoms with Crippen molar-refractivity contribution < 1.29 is 32.6 Å². The van der Waals surface area contributed by atoms with Gasteiger partial charge in [-0.15, -0.1) is 0 Å². The van der Waals surface area contributed by atoms with Gasteiger partial charge in [-0.2, -0.15) is 0 Å². The minimum Gasteiger partial charge on any atom is -0.456 e. The molecule has 0 aliphatic heterocycles. The van der Waals surface area contributed by atoms with Crippen molar-refractivity contribution in [3.63, 3.8) is 0 Å². The van der Waals surface area contributed by atoms with Gasteiger partial charge in [0.2, 0.25) is 0 Å². The number of hydrogen-bond acceptors (Lipinski definition) is 7. The molecule has 0 heterocycles. The average molecular weight is 639 g/mol. The fourth-order valence-electron chi connectivity index (χ4n) is 5.16. The SMILES string of the molecule is CCCN(CCC)C(=O)c1cc(C)cc(C(=O)O[C@H](CNCc2cccc(N(C)C(=O)OC)c2)[C@@H](N)Cc2cc(F)cc(F)c2)c1. The van der Waals surface area contributed by atoms with E-state index >= 15 is 0 Å². The highest BCUT2D eigenvalue weighted by molar-refractivity contribution is 5.98. The number of nitrogens with zero attached hydrogens (tertiary/aromatic N) is 2. The van der Waals surface area contributed by atoms with E-state index in [0.29, 0.717) is 36.4 Å². The molecule has 3 aromatic rings. The molecule has 0 aliphatic rings. The van der Waals surface area contributed by atoms with E-state index in [9.17, 15) is 23.2 Å². The summed E-state index contributed by atoms with van der Waals surface area (Å²) in [6, 6.07) is 14.5. The summed E-state index contributed by atoms with van der Waals surface area (Å²) in [5.74, 6) is -2.31. The highest BCUT2D eigenvalue weighted by atomic mass is 19.1. The lowest BCUT2D eigenvalue weighted by atomic mass is 10.0. The van der Waals surface area contributed by atoms with Crippen molar-refractivity contribution in [2.75, 3.05) is 38.7 Å². The van der Waals surface area contributed by atoms with Crippen LogP contribution in [0.25, 0.3) is 0 Å². The Bertz CT molecular complexity index is 1480. The first-order valence-corrected chi connectivity index (χ1v) is 15.4. The molecule has 0 aromatic heterocycles. The zero-order valence-electron chi connectivity index (χ0n) is 27.1. The number of benzene rings is 3. The maximum Gasteiger partial charge on any atom is 0.413 e. The van der Waals surface area contributed by atoms with Gasteiger partial charge in [0.05, 0.1) is 12.7 Å². The Morgan fingerprint density at radius 3 is 2.20 bits per heavy atom. The number of nitrogens with one attached hydrogen (secondary N) is 1. The van der Waals surface area contributed by atoms with Crippen LogP contribution in [0.3, 0.4) is 0 Å². The van der Waals surface area contributed by atoms with Crippen LogP contribution >= 0.6 is 0 Å². The summed E-state index contributed by atoms with van der Waals surface area (Å²) in [4.78, 5) is 41.9. The van der Waals surface area contributed by atoms with Gasteiger partial charge in [-0.25, -0.2) is 18.4 Å². The molecule has 0 saturated carbocycles. The van der Waals surface area contributed by atoms with Crippen molar-refractivity contribution in [1.82, 2.24) is 10.2 Å². The number of methoxy groups -OCH3 is 1. The Labute approximate surface area is 269 Å². The number of carbonyl (C=O) groups excluding carboxylic acids is 3. The minimum atomic E-state index is -0.906. The Kier molecular flexibility index (Phi) is 13.6. The third-order valence-electron chi connectivity index (χ3n) is 7.38. The molecule has 11 heteroatoms. The monoisotopic (exact) mass is 638 g/mol. The number of ether oxygens (including phenoxy) is 2. The molecule has 9 nitrogen and oxygen atoms in total. The van der Waals surface area contributed by atoms with Crippen molar-refractivity contribution in [1.29, 1.82) is 0 Å². The second-order valence-corrected chi connectivity index (χ2v) is 11.3. The van der Waals surface area contributed by atoms with Gasteiger partial charge in [-0.1, -0.05) is 26.0 Å². The third kappa shape index (κ3) is 10.3. The Morgan fingerprint density at radius 1 is 0.913 bits per heavy atom. The van der Waals surface area contributed by atoms with Crippen molar-refractivity contribution in [3.8, 4) is 0 Å². The molecule has 0 aliphatic carbocycles. The second kappa shape index (κ2) is 17.4. The fourth-order valence-corrected chi connectivity index (χ4v) is 5.16. The van der Waals surface area contributed by atoms with Crippen LogP contribution in [0.4, 0.5) is 19.3 Å². The fraction of sp³-hybridized carbons (Fsp3) is 0.400. The molecule has 248 valence electrons. The Hall–Kier alpha value is -4.35. The average Bonchev–Trinajstić information content (AvgIpc) is 3.02. The number of hydrogen-bond donors (Lipinski definition) is 2. The molecular formula is C35H44F2N4O5.